The van der Waals surface area contributed by atoms with Crippen LogP contribution < -0.4 is 0 Å². The van der Waals surface area contributed by atoms with Crippen LogP contribution in [0.1, 0.15) is 26.2 Å². The lowest BCUT2D eigenvalue weighted by Gasteiger charge is -1.87. The largest absolute Gasteiger partial charge is 0.285 e. The van der Waals surface area contributed by atoms with Gasteiger partial charge in [-0.2, -0.15) is 8.42 Å². The van der Waals surface area contributed by atoms with Crippen LogP contribution in [0.15, 0.2) is 15.9 Å². The molecule has 68 valence electrons. The summed E-state index contributed by atoms with van der Waals surface area (Å²) in [6.45, 7) is 2.01. The Bertz CT molecular complexity index is 286. The molecule has 4 nitrogen and oxygen atoms in total. The summed E-state index contributed by atoms with van der Waals surface area (Å²) in [6.07, 6.45) is 5.08. The Kier molecular flexibility index (Phi) is 5.25. The highest BCUT2D eigenvalue weighted by molar-refractivity contribution is 7.93. The summed E-state index contributed by atoms with van der Waals surface area (Å²) in [5.41, 5.74) is 0. The van der Waals surface area contributed by atoms with Crippen molar-refractivity contribution >= 4 is 16.1 Å². The molecule has 0 saturated carbocycles. The molecule has 0 unspecified atom stereocenters. The van der Waals surface area contributed by atoms with E-state index in [2.05, 4.69) is 4.40 Å². The van der Waals surface area contributed by atoms with Gasteiger partial charge in [-0.1, -0.05) is 30.2 Å². The van der Waals surface area contributed by atoms with Crippen LogP contribution >= 0.6 is 0 Å². The predicted octanol–water partition coefficient (Wildman–Crippen LogP) is 1.36. The minimum atomic E-state index is -3.69. The molecule has 0 aromatic carbocycles. The maximum absolute atomic E-state index is 10.7. The molecular weight excluding hydrogens is 178 g/mol. The topological polar surface area (TPSA) is 63.6 Å². The van der Waals surface area contributed by atoms with Crippen molar-refractivity contribution in [2.75, 3.05) is 0 Å². The van der Waals surface area contributed by atoms with Crippen LogP contribution in [-0.2, 0) is 14.8 Å². The second-order valence-electron chi connectivity index (χ2n) is 2.21. The Morgan fingerprint density at radius 3 is 2.67 bits per heavy atom. The summed E-state index contributed by atoms with van der Waals surface area (Å²) in [5, 5.41) is 0.924. The molecule has 0 fully saturated rings. The van der Waals surface area contributed by atoms with E-state index in [0.717, 1.165) is 24.3 Å². The fraction of sp³-hybridized carbons (Fsp3) is 0.571. The summed E-state index contributed by atoms with van der Waals surface area (Å²) in [5.74, 6) is 0. The molecule has 0 aliphatic heterocycles. The Morgan fingerprint density at radius 1 is 1.50 bits per heavy atom. The van der Waals surface area contributed by atoms with Crippen molar-refractivity contribution in [3.8, 4) is 0 Å². The first kappa shape index (κ1) is 11.1. The number of rotatable bonds is 5. The van der Waals surface area contributed by atoms with Crippen molar-refractivity contribution in [3.05, 3.63) is 11.5 Å². The third-order valence-corrected chi connectivity index (χ3v) is 2.02. The smallest absolute Gasteiger partial charge is 0.210 e. The lowest BCUT2D eigenvalue weighted by atomic mass is 10.2. The zero-order valence-corrected chi connectivity index (χ0v) is 7.67. The van der Waals surface area contributed by atoms with Crippen molar-refractivity contribution in [1.29, 1.82) is 0 Å². The summed E-state index contributed by atoms with van der Waals surface area (Å²) in [7, 11) is -3.69. The van der Waals surface area contributed by atoms with Crippen LogP contribution in [0.2, 0.25) is 0 Å². The van der Waals surface area contributed by atoms with Gasteiger partial charge in [-0.25, -0.2) is 4.79 Å². The van der Waals surface area contributed by atoms with Crippen molar-refractivity contribution < 1.29 is 13.2 Å². The van der Waals surface area contributed by atoms with Gasteiger partial charge in [0.05, 0.1) is 0 Å². The van der Waals surface area contributed by atoms with E-state index in [9.17, 15) is 13.2 Å². The monoisotopic (exact) mass is 189 g/mol. The van der Waals surface area contributed by atoms with Crippen LogP contribution in [0.4, 0.5) is 0 Å². The van der Waals surface area contributed by atoms with Crippen LogP contribution in [0.25, 0.3) is 0 Å². The van der Waals surface area contributed by atoms with Crippen LogP contribution in [0.3, 0.4) is 0 Å². The number of carbonyl (C=O) groups excluding carboxylic acids is 1. The fourth-order valence-corrected chi connectivity index (χ4v) is 1.14. The SMILES string of the molecule is CCCC/C=C/S(=O)(=O)N=C=O. The van der Waals surface area contributed by atoms with E-state index in [4.69, 9.17) is 0 Å². The van der Waals surface area contributed by atoms with E-state index >= 15 is 0 Å². The van der Waals surface area contributed by atoms with Crippen molar-refractivity contribution in [2.45, 2.75) is 26.2 Å². The minimum absolute atomic E-state index is 0.685. The Morgan fingerprint density at radius 2 is 2.17 bits per heavy atom. The number of hydrogen-bond acceptors (Lipinski definition) is 3. The lowest BCUT2D eigenvalue weighted by molar-refractivity contribution is 0.564. The molecule has 0 heterocycles. The lowest BCUT2D eigenvalue weighted by Crippen LogP contribution is -1.87. The Hall–Kier alpha value is -0.930. The highest BCUT2D eigenvalue weighted by atomic mass is 32.2. The zero-order chi connectivity index (χ0) is 9.45. The molecule has 0 saturated heterocycles. The summed E-state index contributed by atoms with van der Waals surface area (Å²) in [6, 6.07) is 0. The van der Waals surface area contributed by atoms with E-state index in [-0.39, 0.29) is 0 Å². The van der Waals surface area contributed by atoms with Crippen LogP contribution in [0.5, 0.6) is 0 Å². The Balaban J connectivity index is 4.07. The Labute approximate surface area is 72.1 Å². The maximum atomic E-state index is 10.7. The third kappa shape index (κ3) is 5.82. The second kappa shape index (κ2) is 5.69. The van der Waals surface area contributed by atoms with Gasteiger partial charge in [0.15, 0.2) is 0 Å². The van der Waals surface area contributed by atoms with E-state index < -0.39 is 10.0 Å². The number of sulfonamides is 1. The van der Waals surface area contributed by atoms with E-state index in [0.29, 0.717) is 6.42 Å². The van der Waals surface area contributed by atoms with Gasteiger partial charge in [0.25, 0.3) is 16.1 Å². The van der Waals surface area contributed by atoms with Crippen LogP contribution in [0, 0.1) is 0 Å². The average molecular weight is 189 g/mol. The molecule has 0 aromatic rings. The van der Waals surface area contributed by atoms with Gasteiger partial charge in [0, 0.05) is 5.41 Å². The van der Waals surface area contributed by atoms with Gasteiger partial charge < -0.3 is 0 Å². The van der Waals surface area contributed by atoms with E-state index in [1.807, 2.05) is 6.92 Å². The first-order valence-corrected chi connectivity index (χ1v) is 5.13. The van der Waals surface area contributed by atoms with Gasteiger partial charge in [0.2, 0.25) is 0 Å². The molecule has 0 N–H and O–H groups in total. The summed E-state index contributed by atoms with van der Waals surface area (Å²) < 4.78 is 24.0. The number of isocyanates is 1. The zero-order valence-electron chi connectivity index (χ0n) is 6.86. The number of allylic oxidation sites excluding steroid dienone is 1. The molecule has 0 aliphatic carbocycles. The fourth-order valence-electron chi connectivity index (χ4n) is 0.594. The second-order valence-corrected chi connectivity index (χ2v) is 3.70. The van der Waals surface area contributed by atoms with E-state index in [1.165, 1.54) is 6.08 Å². The predicted molar refractivity (Wildman–Crippen MR) is 45.7 cm³/mol. The molecule has 12 heavy (non-hydrogen) atoms. The molecule has 0 aromatic heterocycles. The number of unbranched alkanes of at least 4 members (excludes halogenated alkanes) is 2. The number of hydrogen-bond donors (Lipinski definition) is 0. The van der Waals surface area contributed by atoms with Gasteiger partial charge in [0.1, 0.15) is 0 Å². The maximum Gasteiger partial charge on any atom is 0.285 e. The molecule has 0 amide bonds. The minimum Gasteiger partial charge on any atom is -0.210 e. The molecule has 0 atom stereocenters. The van der Waals surface area contributed by atoms with Gasteiger partial charge >= 0.3 is 0 Å². The van der Waals surface area contributed by atoms with Crippen molar-refractivity contribution in [3.63, 3.8) is 0 Å². The molecule has 0 aliphatic rings. The van der Waals surface area contributed by atoms with E-state index in [1.54, 1.807) is 0 Å². The van der Waals surface area contributed by atoms with Crippen molar-refractivity contribution in [1.82, 2.24) is 0 Å². The first-order chi connectivity index (χ1) is 5.62. The van der Waals surface area contributed by atoms with Crippen molar-refractivity contribution in [2.24, 2.45) is 4.40 Å². The molecule has 5 heteroatoms. The van der Waals surface area contributed by atoms with Gasteiger partial charge in [-0.3, -0.25) is 0 Å². The van der Waals surface area contributed by atoms with Gasteiger partial charge in [-0.15, -0.1) is 0 Å². The summed E-state index contributed by atoms with van der Waals surface area (Å²) in [4.78, 5) is 9.60. The first-order valence-electron chi connectivity index (χ1n) is 3.63. The van der Waals surface area contributed by atoms with Crippen LogP contribution in [-0.4, -0.2) is 14.5 Å². The molecule has 0 bridgehead atoms. The highest BCUT2D eigenvalue weighted by Crippen LogP contribution is 1.98. The quantitative estimate of drug-likeness (QED) is 0.372. The molecule has 0 radical (unpaired) electrons. The molecular formula is C7H11NO3S. The normalized spacial score (nSPS) is 11.4. The van der Waals surface area contributed by atoms with Gasteiger partial charge in [-0.05, 0) is 6.42 Å². The summed E-state index contributed by atoms with van der Waals surface area (Å²) >= 11 is 0. The standard InChI is InChI=1S/C7H11NO3S/c1-2-3-4-5-6-12(10,11)8-7-9/h5-6H,2-4H2,1H3/b6-5+. The average Bonchev–Trinajstić information content (AvgIpc) is 1.98. The number of nitrogens with zero attached hydrogens (tertiary/aromatic N) is 1. The third-order valence-electron chi connectivity index (χ3n) is 1.16. The molecule has 0 rings (SSSR count). The molecule has 0 spiro atoms. The highest BCUT2D eigenvalue weighted by Gasteiger charge is 1.98.